The molecule has 5 nitrogen and oxygen atoms in total. The molecule has 0 saturated carbocycles. The molecular formula is C21H23N3O2S. The van der Waals surface area contributed by atoms with Crippen LogP contribution in [0.4, 0.5) is 0 Å². The summed E-state index contributed by atoms with van der Waals surface area (Å²) in [7, 11) is 1.65. The van der Waals surface area contributed by atoms with Gasteiger partial charge in [-0.1, -0.05) is 19.1 Å². The maximum Gasteiger partial charge on any atom is 0.220 e. The number of rotatable bonds is 8. The van der Waals surface area contributed by atoms with Gasteiger partial charge in [-0.25, -0.2) is 4.98 Å². The zero-order chi connectivity index (χ0) is 19.1. The highest BCUT2D eigenvalue weighted by atomic mass is 32.1. The number of benzene rings is 1. The second-order valence-corrected chi connectivity index (χ2v) is 7.22. The van der Waals surface area contributed by atoms with E-state index in [0.29, 0.717) is 13.0 Å². The smallest absolute Gasteiger partial charge is 0.220 e. The number of ether oxygens (including phenoxy) is 1. The number of aromatic nitrogens is 2. The Hall–Kier alpha value is -2.73. The highest BCUT2D eigenvalue weighted by Gasteiger charge is 2.12. The molecule has 0 bridgehead atoms. The first-order valence-corrected chi connectivity index (χ1v) is 9.79. The van der Waals surface area contributed by atoms with Crippen molar-refractivity contribution in [3.05, 3.63) is 65.4 Å². The largest absolute Gasteiger partial charge is 0.497 e. The van der Waals surface area contributed by atoms with Crippen molar-refractivity contribution in [1.82, 2.24) is 15.3 Å². The molecule has 0 spiro atoms. The molecule has 2 aromatic heterocycles. The van der Waals surface area contributed by atoms with Crippen LogP contribution in [0.25, 0.3) is 10.6 Å². The number of nitrogens with one attached hydrogen (secondary N) is 1. The summed E-state index contributed by atoms with van der Waals surface area (Å²) in [5, 5.41) is 5.98. The molecule has 2 heterocycles. The SMILES string of the molecule is COc1ccc(C(C)CC(=O)NCCc2csc(-c3cccnc3)n2)cc1. The highest BCUT2D eigenvalue weighted by molar-refractivity contribution is 7.13. The van der Waals surface area contributed by atoms with E-state index in [-0.39, 0.29) is 11.8 Å². The van der Waals surface area contributed by atoms with Crippen LogP contribution in [0.3, 0.4) is 0 Å². The molecule has 3 rings (SSSR count). The molecule has 3 aromatic rings. The molecule has 0 fully saturated rings. The number of amides is 1. The molecule has 27 heavy (non-hydrogen) atoms. The molecule has 1 atom stereocenters. The van der Waals surface area contributed by atoms with Crippen molar-refractivity contribution in [3.8, 4) is 16.3 Å². The predicted molar refractivity (Wildman–Crippen MR) is 108 cm³/mol. The zero-order valence-electron chi connectivity index (χ0n) is 15.5. The average Bonchev–Trinajstić information content (AvgIpc) is 3.17. The van der Waals surface area contributed by atoms with Crippen LogP contribution in [-0.4, -0.2) is 29.5 Å². The summed E-state index contributed by atoms with van der Waals surface area (Å²) in [6.45, 7) is 2.65. The number of carbonyl (C=O) groups excluding carboxylic acids is 1. The van der Waals surface area contributed by atoms with Gasteiger partial charge in [0.25, 0.3) is 0 Å². The van der Waals surface area contributed by atoms with Gasteiger partial charge in [0.2, 0.25) is 5.91 Å². The summed E-state index contributed by atoms with van der Waals surface area (Å²) >= 11 is 1.60. The van der Waals surface area contributed by atoms with Gasteiger partial charge in [0, 0.05) is 42.7 Å². The number of hydrogen-bond acceptors (Lipinski definition) is 5. The summed E-state index contributed by atoms with van der Waals surface area (Å²) in [4.78, 5) is 20.9. The lowest BCUT2D eigenvalue weighted by molar-refractivity contribution is -0.121. The third-order valence-electron chi connectivity index (χ3n) is 4.34. The van der Waals surface area contributed by atoms with E-state index in [0.717, 1.165) is 34.0 Å². The minimum absolute atomic E-state index is 0.0565. The van der Waals surface area contributed by atoms with Crippen LogP contribution in [0.15, 0.2) is 54.2 Å². The van der Waals surface area contributed by atoms with Gasteiger partial charge in [0.1, 0.15) is 10.8 Å². The van der Waals surface area contributed by atoms with Crippen molar-refractivity contribution < 1.29 is 9.53 Å². The lowest BCUT2D eigenvalue weighted by Crippen LogP contribution is -2.26. The van der Waals surface area contributed by atoms with Gasteiger partial charge in [-0.2, -0.15) is 0 Å². The summed E-state index contributed by atoms with van der Waals surface area (Å²) < 4.78 is 5.17. The summed E-state index contributed by atoms with van der Waals surface area (Å²) in [6.07, 6.45) is 4.75. The van der Waals surface area contributed by atoms with Gasteiger partial charge in [0.15, 0.2) is 0 Å². The number of thiazole rings is 1. The van der Waals surface area contributed by atoms with Crippen molar-refractivity contribution >= 4 is 17.2 Å². The van der Waals surface area contributed by atoms with Crippen LogP contribution in [0.5, 0.6) is 5.75 Å². The lowest BCUT2D eigenvalue weighted by atomic mass is 9.97. The molecule has 1 aromatic carbocycles. The third kappa shape index (κ3) is 5.37. The Balaban J connectivity index is 1.44. The van der Waals surface area contributed by atoms with Crippen molar-refractivity contribution in [1.29, 1.82) is 0 Å². The summed E-state index contributed by atoms with van der Waals surface area (Å²) in [5.41, 5.74) is 3.14. The van der Waals surface area contributed by atoms with E-state index >= 15 is 0 Å². The number of carbonyl (C=O) groups is 1. The molecule has 1 unspecified atom stereocenters. The first-order chi connectivity index (χ1) is 13.2. The molecule has 0 aliphatic heterocycles. The Bertz CT molecular complexity index is 863. The molecule has 1 N–H and O–H groups in total. The lowest BCUT2D eigenvalue weighted by Gasteiger charge is -2.12. The van der Waals surface area contributed by atoms with E-state index in [2.05, 4.69) is 22.2 Å². The Kier molecular flexibility index (Phi) is 6.54. The van der Waals surface area contributed by atoms with Crippen LogP contribution in [0.2, 0.25) is 0 Å². The van der Waals surface area contributed by atoms with Crippen LogP contribution < -0.4 is 10.1 Å². The molecule has 0 aliphatic rings. The first kappa shape index (κ1) is 19.0. The molecular weight excluding hydrogens is 358 g/mol. The quantitative estimate of drug-likeness (QED) is 0.639. The number of nitrogens with zero attached hydrogens (tertiary/aromatic N) is 2. The topological polar surface area (TPSA) is 64.1 Å². The second-order valence-electron chi connectivity index (χ2n) is 6.36. The molecule has 6 heteroatoms. The van der Waals surface area contributed by atoms with Crippen LogP contribution in [0.1, 0.15) is 30.5 Å². The third-order valence-corrected chi connectivity index (χ3v) is 5.28. The number of pyridine rings is 1. The molecule has 0 aliphatic carbocycles. The summed E-state index contributed by atoms with van der Waals surface area (Å²) in [6, 6.07) is 11.8. The number of hydrogen-bond donors (Lipinski definition) is 1. The second kappa shape index (κ2) is 9.28. The Morgan fingerprint density at radius 1 is 1.26 bits per heavy atom. The predicted octanol–water partition coefficient (Wildman–Crippen LogP) is 4.07. The minimum atomic E-state index is 0.0565. The minimum Gasteiger partial charge on any atom is -0.497 e. The maximum absolute atomic E-state index is 12.2. The van der Waals surface area contributed by atoms with Gasteiger partial charge in [-0.05, 0) is 35.7 Å². The Morgan fingerprint density at radius 3 is 2.78 bits per heavy atom. The Labute approximate surface area is 163 Å². The molecule has 0 radical (unpaired) electrons. The average molecular weight is 382 g/mol. The van der Waals surface area contributed by atoms with Gasteiger partial charge in [-0.15, -0.1) is 11.3 Å². The van der Waals surface area contributed by atoms with Crippen molar-refractivity contribution in [2.45, 2.75) is 25.7 Å². The van der Waals surface area contributed by atoms with Crippen LogP contribution in [-0.2, 0) is 11.2 Å². The molecule has 0 saturated heterocycles. The van der Waals surface area contributed by atoms with E-state index < -0.39 is 0 Å². The monoisotopic (exact) mass is 381 g/mol. The van der Waals surface area contributed by atoms with Gasteiger partial charge in [0.05, 0.1) is 12.8 Å². The van der Waals surface area contributed by atoms with Gasteiger partial charge >= 0.3 is 0 Å². The fourth-order valence-corrected chi connectivity index (χ4v) is 3.62. The fourth-order valence-electron chi connectivity index (χ4n) is 2.77. The molecule has 1 amide bonds. The highest BCUT2D eigenvalue weighted by Crippen LogP contribution is 2.23. The van der Waals surface area contributed by atoms with Gasteiger partial charge in [-0.3, -0.25) is 9.78 Å². The fraction of sp³-hybridized carbons (Fsp3) is 0.286. The van der Waals surface area contributed by atoms with E-state index in [1.807, 2.05) is 48.0 Å². The van der Waals surface area contributed by atoms with Crippen molar-refractivity contribution in [2.75, 3.05) is 13.7 Å². The van der Waals surface area contributed by atoms with Crippen molar-refractivity contribution in [3.63, 3.8) is 0 Å². The van der Waals surface area contributed by atoms with E-state index in [1.54, 1.807) is 24.6 Å². The molecule has 140 valence electrons. The Morgan fingerprint density at radius 2 is 2.07 bits per heavy atom. The number of methoxy groups -OCH3 is 1. The first-order valence-electron chi connectivity index (χ1n) is 8.91. The van der Waals surface area contributed by atoms with E-state index in [4.69, 9.17) is 4.74 Å². The van der Waals surface area contributed by atoms with Crippen LogP contribution >= 0.6 is 11.3 Å². The van der Waals surface area contributed by atoms with E-state index in [9.17, 15) is 4.79 Å². The zero-order valence-corrected chi connectivity index (χ0v) is 16.3. The van der Waals surface area contributed by atoms with Crippen LogP contribution in [0, 0.1) is 0 Å². The van der Waals surface area contributed by atoms with Crippen molar-refractivity contribution in [2.24, 2.45) is 0 Å². The standard InChI is InChI=1S/C21H23N3O2S/c1-15(16-5-7-19(26-2)8-6-16)12-20(25)23-11-9-18-14-27-21(24-18)17-4-3-10-22-13-17/h3-8,10,13-15H,9,11-12H2,1-2H3,(H,23,25). The summed E-state index contributed by atoms with van der Waals surface area (Å²) in [5.74, 6) is 1.04. The van der Waals surface area contributed by atoms with Gasteiger partial charge < -0.3 is 10.1 Å². The van der Waals surface area contributed by atoms with E-state index in [1.165, 1.54) is 0 Å². The normalized spacial score (nSPS) is 11.8. The maximum atomic E-state index is 12.2.